The Morgan fingerprint density at radius 3 is 2.83 bits per heavy atom. The Hall–Kier alpha value is -2.77. The van der Waals surface area contributed by atoms with Crippen molar-refractivity contribution in [2.75, 3.05) is 13.1 Å². The molecule has 1 unspecified atom stereocenters. The van der Waals surface area contributed by atoms with Crippen LogP contribution >= 0.6 is 0 Å². The molecule has 0 aliphatic carbocycles. The summed E-state index contributed by atoms with van der Waals surface area (Å²) in [6.07, 6.45) is 3.77. The average Bonchev–Trinajstić information content (AvgIpc) is 2.53. The summed E-state index contributed by atoms with van der Waals surface area (Å²) in [5.41, 5.74) is 4.97. The van der Waals surface area contributed by atoms with Gasteiger partial charge >= 0.3 is 0 Å². The molecule has 1 aliphatic rings. The molecule has 122 valence electrons. The molecular formula is C15H16FN3O4. The molecule has 2 N–H and O–H groups in total. The number of hydrogen-bond acceptors (Lipinski definition) is 4. The largest absolute Gasteiger partial charge is 0.369 e. The van der Waals surface area contributed by atoms with Crippen molar-refractivity contribution in [1.82, 2.24) is 4.90 Å². The molecular weight excluding hydrogens is 305 g/mol. The highest BCUT2D eigenvalue weighted by Crippen LogP contribution is 2.22. The molecule has 1 atom stereocenters. The number of primary amides is 1. The first kappa shape index (κ1) is 16.6. The lowest BCUT2D eigenvalue weighted by Crippen LogP contribution is -2.43. The fourth-order valence-corrected chi connectivity index (χ4v) is 2.49. The Balaban J connectivity index is 2.12. The number of hydrogen-bond donors (Lipinski definition) is 1. The molecule has 1 aromatic carbocycles. The fourth-order valence-electron chi connectivity index (χ4n) is 2.49. The number of rotatable bonds is 4. The van der Waals surface area contributed by atoms with Crippen LogP contribution in [-0.4, -0.2) is 34.7 Å². The van der Waals surface area contributed by atoms with Gasteiger partial charge in [-0.15, -0.1) is 0 Å². The zero-order valence-corrected chi connectivity index (χ0v) is 12.3. The molecule has 23 heavy (non-hydrogen) atoms. The van der Waals surface area contributed by atoms with E-state index in [-0.39, 0.29) is 23.9 Å². The van der Waals surface area contributed by atoms with E-state index in [0.29, 0.717) is 19.4 Å². The van der Waals surface area contributed by atoms with Crippen molar-refractivity contribution in [2.24, 2.45) is 11.7 Å². The maximum atomic E-state index is 13.1. The molecule has 2 rings (SSSR count). The highest BCUT2D eigenvalue weighted by Gasteiger charge is 2.26. The molecule has 1 aromatic rings. The molecule has 0 aromatic heterocycles. The minimum absolute atomic E-state index is 0.133. The number of piperidine rings is 1. The van der Waals surface area contributed by atoms with Crippen LogP contribution in [0.3, 0.4) is 0 Å². The Morgan fingerprint density at radius 1 is 1.43 bits per heavy atom. The van der Waals surface area contributed by atoms with E-state index in [2.05, 4.69) is 0 Å². The lowest BCUT2D eigenvalue weighted by molar-refractivity contribution is -0.385. The highest BCUT2D eigenvalue weighted by molar-refractivity contribution is 5.93. The van der Waals surface area contributed by atoms with Gasteiger partial charge in [0.2, 0.25) is 11.8 Å². The van der Waals surface area contributed by atoms with Crippen LogP contribution in [0, 0.1) is 21.8 Å². The zero-order chi connectivity index (χ0) is 17.0. The second-order valence-electron chi connectivity index (χ2n) is 5.32. The van der Waals surface area contributed by atoms with Gasteiger partial charge in [-0.05, 0) is 31.1 Å². The third-order valence-corrected chi connectivity index (χ3v) is 3.73. The third-order valence-electron chi connectivity index (χ3n) is 3.73. The smallest absolute Gasteiger partial charge is 0.279 e. The van der Waals surface area contributed by atoms with E-state index in [9.17, 15) is 24.1 Å². The summed E-state index contributed by atoms with van der Waals surface area (Å²) in [4.78, 5) is 35.0. The van der Waals surface area contributed by atoms with Crippen molar-refractivity contribution in [1.29, 1.82) is 0 Å². The zero-order valence-electron chi connectivity index (χ0n) is 12.3. The summed E-state index contributed by atoms with van der Waals surface area (Å²) in [6, 6.07) is 3.12. The number of benzene rings is 1. The van der Waals surface area contributed by atoms with E-state index in [1.807, 2.05) is 0 Å². The van der Waals surface area contributed by atoms with Crippen LogP contribution in [0.5, 0.6) is 0 Å². The molecule has 1 heterocycles. The summed E-state index contributed by atoms with van der Waals surface area (Å²) >= 11 is 0. The maximum absolute atomic E-state index is 13.1. The second kappa shape index (κ2) is 6.99. The molecule has 0 radical (unpaired) electrons. The van der Waals surface area contributed by atoms with E-state index >= 15 is 0 Å². The van der Waals surface area contributed by atoms with Crippen molar-refractivity contribution >= 4 is 23.6 Å². The lowest BCUT2D eigenvalue weighted by atomic mass is 9.97. The maximum Gasteiger partial charge on any atom is 0.279 e. The molecule has 1 fully saturated rings. The van der Waals surface area contributed by atoms with Gasteiger partial charge in [-0.2, -0.15) is 0 Å². The number of halogens is 1. The second-order valence-corrected chi connectivity index (χ2v) is 5.32. The molecule has 0 bridgehead atoms. The number of nitro groups is 1. The fraction of sp³-hybridized carbons (Fsp3) is 0.333. The van der Waals surface area contributed by atoms with E-state index in [0.717, 1.165) is 12.1 Å². The molecule has 0 saturated carbocycles. The summed E-state index contributed by atoms with van der Waals surface area (Å²) in [5.74, 6) is -1.91. The quantitative estimate of drug-likeness (QED) is 0.515. The van der Waals surface area contributed by atoms with Crippen molar-refractivity contribution in [2.45, 2.75) is 12.8 Å². The van der Waals surface area contributed by atoms with Gasteiger partial charge in [0.15, 0.2) is 0 Å². The van der Waals surface area contributed by atoms with Gasteiger partial charge in [-0.1, -0.05) is 0 Å². The minimum atomic E-state index is -0.722. The number of likely N-dealkylation sites (tertiary alicyclic amines) is 1. The first-order valence-corrected chi connectivity index (χ1v) is 7.08. The summed E-state index contributed by atoms with van der Waals surface area (Å²) in [7, 11) is 0. The monoisotopic (exact) mass is 321 g/mol. The van der Waals surface area contributed by atoms with Gasteiger partial charge in [0.25, 0.3) is 5.69 Å². The van der Waals surface area contributed by atoms with Gasteiger partial charge in [-0.3, -0.25) is 19.7 Å². The van der Waals surface area contributed by atoms with Crippen LogP contribution in [0.4, 0.5) is 10.1 Å². The lowest BCUT2D eigenvalue weighted by Gasteiger charge is -2.30. The van der Waals surface area contributed by atoms with Crippen LogP contribution in [0.15, 0.2) is 24.3 Å². The summed E-state index contributed by atoms with van der Waals surface area (Å²) in [6.45, 7) is 0.739. The summed E-state index contributed by atoms with van der Waals surface area (Å²) < 4.78 is 13.1. The average molecular weight is 321 g/mol. The molecule has 2 amide bonds. The first-order chi connectivity index (χ1) is 10.9. The van der Waals surface area contributed by atoms with Gasteiger partial charge in [0.1, 0.15) is 5.82 Å². The molecule has 7 nitrogen and oxygen atoms in total. The normalized spacial score (nSPS) is 18.1. The van der Waals surface area contributed by atoms with Crippen LogP contribution in [0.2, 0.25) is 0 Å². The van der Waals surface area contributed by atoms with E-state index in [4.69, 9.17) is 5.73 Å². The standard InChI is InChI=1S/C15H16FN3O4/c16-12-5-3-10(13(8-12)19(22)23)4-6-14(20)18-7-1-2-11(9-18)15(17)21/h3-6,8,11H,1-2,7,9H2,(H2,17,21). The van der Waals surface area contributed by atoms with Crippen LogP contribution < -0.4 is 5.73 Å². The number of carbonyl (C=O) groups is 2. The molecule has 1 saturated heterocycles. The number of nitro benzene ring substituents is 1. The molecule has 0 spiro atoms. The van der Waals surface area contributed by atoms with Gasteiger partial charge in [-0.25, -0.2) is 4.39 Å². The Bertz CT molecular complexity index is 675. The number of nitrogens with two attached hydrogens (primary N) is 1. The first-order valence-electron chi connectivity index (χ1n) is 7.08. The minimum Gasteiger partial charge on any atom is -0.369 e. The van der Waals surface area contributed by atoms with E-state index in [1.165, 1.54) is 23.1 Å². The molecule has 1 aliphatic heterocycles. The SMILES string of the molecule is NC(=O)C1CCCN(C(=O)C=Cc2ccc(F)cc2[N+](=O)[O-])C1. The van der Waals surface area contributed by atoms with Gasteiger partial charge < -0.3 is 10.6 Å². The van der Waals surface area contributed by atoms with Crippen LogP contribution in [0.1, 0.15) is 18.4 Å². The van der Waals surface area contributed by atoms with Crippen molar-refractivity contribution in [3.05, 3.63) is 45.8 Å². The number of carbonyl (C=O) groups excluding carboxylic acids is 2. The topological polar surface area (TPSA) is 107 Å². The Kier molecular flexibility index (Phi) is 5.05. The van der Waals surface area contributed by atoms with Gasteiger partial charge in [0.05, 0.1) is 22.5 Å². The molecule has 8 heteroatoms. The van der Waals surface area contributed by atoms with E-state index in [1.54, 1.807) is 0 Å². The highest BCUT2D eigenvalue weighted by atomic mass is 19.1. The van der Waals surface area contributed by atoms with Crippen LogP contribution in [0.25, 0.3) is 6.08 Å². The third kappa shape index (κ3) is 4.12. The number of nitrogens with zero attached hydrogens (tertiary/aromatic N) is 2. The van der Waals surface area contributed by atoms with Gasteiger partial charge in [0, 0.05) is 19.2 Å². The Morgan fingerprint density at radius 2 is 2.17 bits per heavy atom. The predicted octanol–water partition coefficient (Wildman–Crippen LogP) is 1.47. The van der Waals surface area contributed by atoms with Crippen molar-refractivity contribution < 1.29 is 18.9 Å². The summed E-state index contributed by atoms with van der Waals surface area (Å²) in [5, 5.41) is 10.9. The van der Waals surface area contributed by atoms with E-state index < -0.39 is 22.3 Å². The van der Waals surface area contributed by atoms with Crippen molar-refractivity contribution in [3.63, 3.8) is 0 Å². The number of amides is 2. The Labute approximate surface area is 131 Å². The predicted molar refractivity (Wildman–Crippen MR) is 80.6 cm³/mol. The van der Waals surface area contributed by atoms with Crippen LogP contribution in [-0.2, 0) is 9.59 Å². The van der Waals surface area contributed by atoms with Crippen molar-refractivity contribution in [3.8, 4) is 0 Å².